The third-order valence-corrected chi connectivity index (χ3v) is 3.15. The smallest absolute Gasteiger partial charge is 0.0894 e. The van der Waals surface area contributed by atoms with Crippen LogP contribution in [0.25, 0.3) is 5.69 Å². The van der Waals surface area contributed by atoms with Crippen molar-refractivity contribution < 1.29 is 0 Å². The molecule has 0 atom stereocenters. The van der Waals surface area contributed by atoms with Gasteiger partial charge in [0.05, 0.1) is 41.5 Å². The van der Waals surface area contributed by atoms with Gasteiger partial charge in [0.15, 0.2) is 0 Å². The molecule has 2 aromatic heterocycles. The molecule has 0 aliphatic heterocycles. The summed E-state index contributed by atoms with van der Waals surface area (Å²) >= 11 is 1.60. The van der Waals surface area contributed by atoms with Crippen LogP contribution in [0.3, 0.4) is 0 Å². The van der Waals surface area contributed by atoms with E-state index in [1.807, 2.05) is 41.4 Å². The van der Waals surface area contributed by atoms with Gasteiger partial charge in [-0.1, -0.05) is 17.3 Å². The second-order valence-corrected chi connectivity index (χ2v) is 4.42. The molecule has 1 N–H and O–H groups in total. The highest BCUT2D eigenvalue weighted by Gasteiger charge is 2.04. The van der Waals surface area contributed by atoms with Gasteiger partial charge >= 0.3 is 0 Å². The molecular formula is C12H11N5S. The number of nitrogens with zero attached hydrogens (tertiary/aromatic N) is 4. The molecule has 2 heterocycles. The Morgan fingerprint density at radius 1 is 1.28 bits per heavy atom. The summed E-state index contributed by atoms with van der Waals surface area (Å²) < 4.78 is 1.74. The van der Waals surface area contributed by atoms with Crippen molar-refractivity contribution in [2.24, 2.45) is 0 Å². The number of rotatable bonds is 4. The first kappa shape index (κ1) is 10.9. The molecule has 0 aliphatic rings. The van der Waals surface area contributed by atoms with Crippen LogP contribution < -0.4 is 5.32 Å². The Balaban J connectivity index is 1.84. The minimum absolute atomic E-state index is 0.704. The molecule has 0 spiro atoms. The molecule has 0 amide bonds. The van der Waals surface area contributed by atoms with Gasteiger partial charge < -0.3 is 5.32 Å². The van der Waals surface area contributed by atoms with Gasteiger partial charge in [-0.15, -0.1) is 16.4 Å². The Bertz CT molecular complexity index is 603. The number of benzene rings is 1. The minimum atomic E-state index is 0.704. The predicted octanol–water partition coefficient (Wildman–Crippen LogP) is 2.34. The Morgan fingerprint density at radius 3 is 3.00 bits per heavy atom. The molecule has 90 valence electrons. The first-order chi connectivity index (χ1) is 8.93. The van der Waals surface area contributed by atoms with E-state index in [0.29, 0.717) is 6.54 Å². The fourth-order valence-electron chi connectivity index (χ4n) is 1.67. The minimum Gasteiger partial charge on any atom is -0.378 e. The summed E-state index contributed by atoms with van der Waals surface area (Å²) in [5.74, 6) is 0. The molecule has 0 saturated heterocycles. The second kappa shape index (κ2) is 4.97. The van der Waals surface area contributed by atoms with Crippen LogP contribution in [0.4, 0.5) is 5.69 Å². The molecule has 5 nitrogen and oxygen atoms in total. The lowest BCUT2D eigenvalue weighted by atomic mass is 10.2. The predicted molar refractivity (Wildman–Crippen MR) is 70.8 cm³/mol. The quantitative estimate of drug-likeness (QED) is 0.779. The number of anilines is 1. The maximum absolute atomic E-state index is 4.24. The van der Waals surface area contributed by atoms with Crippen LogP contribution in [-0.2, 0) is 6.54 Å². The van der Waals surface area contributed by atoms with Crippen molar-refractivity contribution in [2.75, 3.05) is 5.32 Å². The first-order valence-electron chi connectivity index (χ1n) is 5.50. The van der Waals surface area contributed by atoms with Gasteiger partial charge in [-0.05, 0) is 12.1 Å². The van der Waals surface area contributed by atoms with Gasteiger partial charge in [0.2, 0.25) is 0 Å². The van der Waals surface area contributed by atoms with Gasteiger partial charge in [0.1, 0.15) is 0 Å². The van der Waals surface area contributed by atoms with Crippen molar-refractivity contribution in [3.05, 3.63) is 53.2 Å². The molecular weight excluding hydrogens is 246 g/mol. The molecule has 0 fully saturated rings. The molecule has 1 aromatic carbocycles. The number of para-hydroxylation sites is 2. The summed E-state index contributed by atoms with van der Waals surface area (Å²) in [7, 11) is 0. The normalized spacial score (nSPS) is 10.4. The lowest BCUT2D eigenvalue weighted by molar-refractivity contribution is 0.803. The molecule has 0 radical (unpaired) electrons. The van der Waals surface area contributed by atoms with Crippen molar-refractivity contribution in [1.82, 2.24) is 20.0 Å². The zero-order chi connectivity index (χ0) is 12.2. The van der Waals surface area contributed by atoms with Crippen LogP contribution in [0.5, 0.6) is 0 Å². The van der Waals surface area contributed by atoms with E-state index >= 15 is 0 Å². The van der Waals surface area contributed by atoms with Crippen LogP contribution in [0.15, 0.2) is 47.5 Å². The van der Waals surface area contributed by atoms with Crippen molar-refractivity contribution in [1.29, 1.82) is 0 Å². The average Bonchev–Trinajstić information content (AvgIpc) is 3.10. The molecule has 0 bridgehead atoms. The Kier molecular flexibility index (Phi) is 3.01. The van der Waals surface area contributed by atoms with Crippen molar-refractivity contribution in [3.8, 4) is 5.69 Å². The van der Waals surface area contributed by atoms with E-state index in [2.05, 4.69) is 20.6 Å². The highest BCUT2D eigenvalue weighted by molar-refractivity contribution is 7.07. The van der Waals surface area contributed by atoms with Crippen LogP contribution in [0.2, 0.25) is 0 Å². The maximum Gasteiger partial charge on any atom is 0.0894 e. The molecule has 18 heavy (non-hydrogen) atoms. The highest BCUT2D eigenvalue weighted by atomic mass is 32.1. The van der Waals surface area contributed by atoms with Crippen LogP contribution in [0, 0.1) is 0 Å². The molecule has 6 heteroatoms. The first-order valence-corrected chi connectivity index (χ1v) is 6.44. The SMILES string of the molecule is c1ccc(-n2ccnn2)c(NCc2cscn2)c1. The van der Waals surface area contributed by atoms with Crippen LogP contribution >= 0.6 is 11.3 Å². The molecule has 3 rings (SSSR count). The Morgan fingerprint density at radius 2 is 2.22 bits per heavy atom. The zero-order valence-electron chi connectivity index (χ0n) is 9.52. The van der Waals surface area contributed by atoms with Gasteiger partial charge in [-0.3, -0.25) is 0 Å². The summed E-state index contributed by atoms with van der Waals surface area (Å²) in [6.45, 7) is 0.704. The lowest BCUT2D eigenvalue weighted by Crippen LogP contribution is -2.05. The highest BCUT2D eigenvalue weighted by Crippen LogP contribution is 2.19. The number of hydrogen-bond donors (Lipinski definition) is 1. The summed E-state index contributed by atoms with van der Waals surface area (Å²) in [6, 6.07) is 7.98. The second-order valence-electron chi connectivity index (χ2n) is 3.70. The molecule has 0 aliphatic carbocycles. The lowest BCUT2D eigenvalue weighted by Gasteiger charge is -2.10. The largest absolute Gasteiger partial charge is 0.378 e. The van der Waals surface area contributed by atoms with E-state index in [4.69, 9.17) is 0 Å². The van der Waals surface area contributed by atoms with Crippen LogP contribution in [0.1, 0.15) is 5.69 Å². The number of aromatic nitrogens is 4. The summed E-state index contributed by atoms with van der Waals surface area (Å²) in [4.78, 5) is 4.24. The van der Waals surface area contributed by atoms with E-state index in [1.54, 1.807) is 22.2 Å². The number of hydrogen-bond acceptors (Lipinski definition) is 5. The number of nitrogens with one attached hydrogen (secondary N) is 1. The monoisotopic (exact) mass is 257 g/mol. The van der Waals surface area contributed by atoms with E-state index in [0.717, 1.165) is 17.1 Å². The summed E-state index contributed by atoms with van der Waals surface area (Å²) in [5, 5.41) is 13.2. The van der Waals surface area contributed by atoms with Crippen LogP contribution in [-0.4, -0.2) is 20.0 Å². The van der Waals surface area contributed by atoms with Gasteiger partial charge in [-0.2, -0.15) is 0 Å². The standard InChI is InChI=1S/C12H11N5S/c1-2-4-12(17-6-5-15-16-17)11(3-1)13-7-10-8-18-9-14-10/h1-6,8-9,13H,7H2. The number of thiazole rings is 1. The van der Waals surface area contributed by atoms with Crippen molar-refractivity contribution >= 4 is 17.0 Å². The van der Waals surface area contributed by atoms with E-state index < -0.39 is 0 Å². The topological polar surface area (TPSA) is 55.6 Å². The van der Waals surface area contributed by atoms with E-state index in [9.17, 15) is 0 Å². The van der Waals surface area contributed by atoms with Gasteiger partial charge in [0.25, 0.3) is 0 Å². The fraction of sp³-hybridized carbons (Fsp3) is 0.0833. The van der Waals surface area contributed by atoms with Gasteiger partial charge in [0, 0.05) is 5.38 Å². The van der Waals surface area contributed by atoms with Gasteiger partial charge in [-0.25, -0.2) is 9.67 Å². The third-order valence-electron chi connectivity index (χ3n) is 2.52. The third kappa shape index (κ3) is 2.23. The molecule has 0 saturated carbocycles. The summed E-state index contributed by atoms with van der Waals surface area (Å²) in [5.41, 5.74) is 4.86. The fourth-order valence-corrected chi connectivity index (χ4v) is 2.23. The zero-order valence-corrected chi connectivity index (χ0v) is 10.3. The molecule has 0 unspecified atom stereocenters. The van der Waals surface area contributed by atoms with E-state index in [1.165, 1.54) is 0 Å². The average molecular weight is 257 g/mol. The van der Waals surface area contributed by atoms with Crippen molar-refractivity contribution in [2.45, 2.75) is 6.54 Å². The van der Waals surface area contributed by atoms with Crippen molar-refractivity contribution in [3.63, 3.8) is 0 Å². The summed E-state index contributed by atoms with van der Waals surface area (Å²) in [6.07, 6.45) is 3.49. The van der Waals surface area contributed by atoms with E-state index in [-0.39, 0.29) is 0 Å². The Hall–Kier alpha value is -2.21. The Labute approximate surface area is 108 Å². The maximum atomic E-state index is 4.24. The molecule has 3 aromatic rings.